The summed E-state index contributed by atoms with van der Waals surface area (Å²) in [6, 6.07) is 6.78. The highest BCUT2D eigenvalue weighted by Crippen LogP contribution is 2.38. The number of hydrogen-bond donors (Lipinski definition) is 1. The Morgan fingerprint density at radius 1 is 1.39 bits per heavy atom. The molecule has 126 valence electrons. The summed E-state index contributed by atoms with van der Waals surface area (Å²) in [4.78, 5) is 12.3. The Morgan fingerprint density at radius 3 is 2.78 bits per heavy atom. The van der Waals surface area contributed by atoms with E-state index in [-0.39, 0.29) is 17.1 Å². The van der Waals surface area contributed by atoms with E-state index in [0.717, 1.165) is 24.3 Å². The smallest absolute Gasteiger partial charge is 0.220 e. The Kier molecular flexibility index (Phi) is 5.00. The summed E-state index contributed by atoms with van der Waals surface area (Å²) in [5, 5.41) is 3.11. The van der Waals surface area contributed by atoms with Crippen LogP contribution in [0.1, 0.15) is 44.6 Å². The first-order valence-corrected chi connectivity index (χ1v) is 8.70. The van der Waals surface area contributed by atoms with Crippen LogP contribution in [0, 0.1) is 17.7 Å². The zero-order valence-electron chi connectivity index (χ0n) is 13.8. The molecule has 1 heterocycles. The van der Waals surface area contributed by atoms with E-state index in [0.29, 0.717) is 32.1 Å². The summed E-state index contributed by atoms with van der Waals surface area (Å²) < 4.78 is 19.1. The zero-order valence-corrected chi connectivity index (χ0v) is 13.8. The van der Waals surface area contributed by atoms with Gasteiger partial charge in [-0.2, -0.15) is 0 Å². The van der Waals surface area contributed by atoms with Crippen LogP contribution in [-0.4, -0.2) is 25.7 Å². The van der Waals surface area contributed by atoms with Crippen LogP contribution in [0.5, 0.6) is 0 Å². The molecule has 23 heavy (non-hydrogen) atoms. The quantitative estimate of drug-likeness (QED) is 0.872. The Balaban J connectivity index is 1.65. The van der Waals surface area contributed by atoms with E-state index in [1.807, 2.05) is 6.07 Å². The van der Waals surface area contributed by atoms with Crippen LogP contribution in [0.15, 0.2) is 24.3 Å². The highest BCUT2D eigenvalue weighted by Gasteiger charge is 2.35. The van der Waals surface area contributed by atoms with Gasteiger partial charge in [0.05, 0.1) is 0 Å². The van der Waals surface area contributed by atoms with Crippen LogP contribution in [0.4, 0.5) is 4.39 Å². The SMILES string of the molecule is C[C@@H](CC(=O)NCC1(c2cccc(F)c2)CCOCC1)C1CC1. The second-order valence-corrected chi connectivity index (χ2v) is 7.20. The standard InChI is InChI=1S/C19H26FNO2/c1-14(15-5-6-15)11-18(22)21-13-19(7-9-23-10-8-19)16-3-2-4-17(20)12-16/h2-4,12,14-15H,5-11,13H2,1H3,(H,21,22)/t14-/m0/s1. The summed E-state index contributed by atoms with van der Waals surface area (Å²) in [6.45, 7) is 4.04. The third-order valence-electron chi connectivity index (χ3n) is 5.44. The molecule has 1 atom stereocenters. The molecule has 0 bridgehead atoms. The molecule has 0 spiro atoms. The van der Waals surface area contributed by atoms with Crippen molar-refractivity contribution in [1.29, 1.82) is 0 Å². The molecule has 1 saturated heterocycles. The van der Waals surface area contributed by atoms with Gasteiger partial charge >= 0.3 is 0 Å². The fourth-order valence-electron chi connectivity index (χ4n) is 3.61. The minimum Gasteiger partial charge on any atom is -0.381 e. The van der Waals surface area contributed by atoms with Gasteiger partial charge < -0.3 is 10.1 Å². The van der Waals surface area contributed by atoms with Gasteiger partial charge in [-0.25, -0.2) is 4.39 Å². The molecule has 3 nitrogen and oxygen atoms in total. The van der Waals surface area contributed by atoms with Gasteiger partial charge in [0.15, 0.2) is 0 Å². The van der Waals surface area contributed by atoms with Gasteiger partial charge in [0.1, 0.15) is 5.82 Å². The molecule has 1 aliphatic heterocycles. The second kappa shape index (κ2) is 7.00. The van der Waals surface area contributed by atoms with Crippen molar-refractivity contribution in [3.05, 3.63) is 35.6 Å². The molecule has 1 N–H and O–H groups in total. The first-order chi connectivity index (χ1) is 11.1. The summed E-state index contributed by atoms with van der Waals surface area (Å²) in [7, 11) is 0. The first-order valence-electron chi connectivity index (χ1n) is 8.70. The average molecular weight is 319 g/mol. The van der Waals surface area contributed by atoms with Crippen LogP contribution >= 0.6 is 0 Å². The third-order valence-corrected chi connectivity index (χ3v) is 5.44. The normalized spacial score (nSPS) is 21.7. The van der Waals surface area contributed by atoms with Gasteiger partial charge in [0.2, 0.25) is 5.91 Å². The number of carbonyl (C=O) groups excluding carboxylic acids is 1. The maximum atomic E-state index is 13.6. The molecule has 0 unspecified atom stereocenters. The van der Waals surface area contributed by atoms with E-state index in [1.165, 1.54) is 18.9 Å². The minimum atomic E-state index is -0.220. The van der Waals surface area contributed by atoms with E-state index in [2.05, 4.69) is 12.2 Å². The number of nitrogens with one attached hydrogen (secondary N) is 1. The maximum Gasteiger partial charge on any atom is 0.220 e. The van der Waals surface area contributed by atoms with Crippen molar-refractivity contribution in [3.8, 4) is 0 Å². The van der Waals surface area contributed by atoms with Crippen molar-refractivity contribution >= 4 is 5.91 Å². The van der Waals surface area contributed by atoms with Crippen molar-refractivity contribution in [2.45, 2.75) is 44.4 Å². The highest BCUT2D eigenvalue weighted by molar-refractivity contribution is 5.76. The van der Waals surface area contributed by atoms with Crippen LogP contribution in [-0.2, 0) is 14.9 Å². The van der Waals surface area contributed by atoms with Gasteiger partial charge in [-0.15, -0.1) is 0 Å². The highest BCUT2D eigenvalue weighted by atomic mass is 19.1. The lowest BCUT2D eigenvalue weighted by Crippen LogP contribution is -2.45. The first kappa shape index (κ1) is 16.4. The Hall–Kier alpha value is -1.42. The summed E-state index contributed by atoms with van der Waals surface area (Å²) in [6.07, 6.45) is 4.75. The van der Waals surface area contributed by atoms with Crippen LogP contribution in [0.25, 0.3) is 0 Å². The topological polar surface area (TPSA) is 38.3 Å². The molecule has 1 aromatic carbocycles. The van der Waals surface area contributed by atoms with Crippen molar-refractivity contribution in [2.24, 2.45) is 11.8 Å². The molecule has 1 aliphatic carbocycles. The second-order valence-electron chi connectivity index (χ2n) is 7.20. The molecular formula is C19H26FNO2. The molecule has 1 aromatic rings. The molecular weight excluding hydrogens is 293 g/mol. The Labute approximate surface area is 137 Å². The number of benzene rings is 1. The lowest BCUT2D eigenvalue weighted by atomic mass is 9.74. The number of ether oxygens (including phenoxy) is 1. The van der Waals surface area contributed by atoms with E-state index in [1.54, 1.807) is 12.1 Å². The minimum absolute atomic E-state index is 0.117. The monoisotopic (exact) mass is 319 g/mol. The van der Waals surface area contributed by atoms with Crippen LogP contribution in [0.3, 0.4) is 0 Å². The maximum absolute atomic E-state index is 13.6. The largest absolute Gasteiger partial charge is 0.381 e. The molecule has 1 saturated carbocycles. The summed E-state index contributed by atoms with van der Waals surface area (Å²) in [5.74, 6) is 1.10. The van der Waals surface area contributed by atoms with E-state index < -0.39 is 0 Å². The van der Waals surface area contributed by atoms with Gasteiger partial charge in [-0.05, 0) is 55.2 Å². The van der Waals surface area contributed by atoms with Crippen LogP contribution < -0.4 is 5.32 Å². The molecule has 0 radical (unpaired) electrons. The van der Waals surface area contributed by atoms with Crippen molar-refractivity contribution in [3.63, 3.8) is 0 Å². The number of hydrogen-bond acceptors (Lipinski definition) is 2. The third kappa shape index (κ3) is 4.11. The van der Waals surface area contributed by atoms with E-state index >= 15 is 0 Å². The van der Waals surface area contributed by atoms with Crippen molar-refractivity contribution < 1.29 is 13.9 Å². The van der Waals surface area contributed by atoms with Crippen LogP contribution in [0.2, 0.25) is 0 Å². The average Bonchev–Trinajstić information content (AvgIpc) is 3.39. The predicted molar refractivity (Wildman–Crippen MR) is 87.6 cm³/mol. The predicted octanol–water partition coefficient (Wildman–Crippen LogP) is 3.43. The van der Waals surface area contributed by atoms with Gasteiger partial charge in [0.25, 0.3) is 0 Å². The van der Waals surface area contributed by atoms with Crippen molar-refractivity contribution in [2.75, 3.05) is 19.8 Å². The number of carbonyl (C=O) groups is 1. The Morgan fingerprint density at radius 2 is 2.13 bits per heavy atom. The molecule has 3 rings (SSSR count). The van der Waals surface area contributed by atoms with E-state index in [4.69, 9.17) is 4.74 Å². The number of halogens is 1. The van der Waals surface area contributed by atoms with Gasteiger partial charge in [-0.1, -0.05) is 19.1 Å². The van der Waals surface area contributed by atoms with Gasteiger partial charge in [0, 0.05) is 31.6 Å². The molecule has 4 heteroatoms. The Bertz CT molecular complexity index is 550. The summed E-state index contributed by atoms with van der Waals surface area (Å²) in [5.41, 5.74) is 0.759. The zero-order chi connectivity index (χ0) is 16.3. The molecule has 0 aromatic heterocycles. The number of rotatable bonds is 6. The fourth-order valence-corrected chi connectivity index (χ4v) is 3.61. The fraction of sp³-hybridized carbons (Fsp3) is 0.632. The van der Waals surface area contributed by atoms with Crippen molar-refractivity contribution in [1.82, 2.24) is 5.32 Å². The lowest BCUT2D eigenvalue weighted by Gasteiger charge is -2.38. The molecule has 2 fully saturated rings. The molecule has 2 aliphatic rings. The van der Waals surface area contributed by atoms with E-state index in [9.17, 15) is 9.18 Å². The molecule has 1 amide bonds. The lowest BCUT2D eigenvalue weighted by molar-refractivity contribution is -0.122. The van der Waals surface area contributed by atoms with Gasteiger partial charge in [-0.3, -0.25) is 4.79 Å². The summed E-state index contributed by atoms with van der Waals surface area (Å²) >= 11 is 0. The number of amides is 1.